The number of ketones is 1. The van der Waals surface area contributed by atoms with Crippen LogP contribution < -0.4 is 10.5 Å². The van der Waals surface area contributed by atoms with E-state index in [9.17, 15) is 26.7 Å². The highest BCUT2D eigenvalue weighted by atomic mass is 19.3. The van der Waals surface area contributed by atoms with Crippen LogP contribution in [0.2, 0.25) is 0 Å². The summed E-state index contributed by atoms with van der Waals surface area (Å²) in [6.45, 7) is 6.91. The maximum Gasteiger partial charge on any atom is 0.337 e. The predicted octanol–water partition coefficient (Wildman–Crippen LogP) is 4.65. The third kappa shape index (κ3) is 2.01. The van der Waals surface area contributed by atoms with Gasteiger partial charge in [0.2, 0.25) is 0 Å². The van der Waals surface area contributed by atoms with E-state index >= 15 is 0 Å². The number of nitrogens with zero attached hydrogens (tertiary/aromatic N) is 1. The summed E-state index contributed by atoms with van der Waals surface area (Å²) in [5, 5.41) is 0. The minimum Gasteiger partial charge on any atom is -0.458 e. The molecule has 4 nitrogen and oxygen atoms in total. The summed E-state index contributed by atoms with van der Waals surface area (Å²) in [5.41, 5.74) is 0.502. The van der Waals surface area contributed by atoms with Gasteiger partial charge in [-0.3, -0.25) is 4.79 Å². The Hall–Kier alpha value is -2.99. The number of ether oxygens (including phenoxy) is 1. The first-order chi connectivity index (χ1) is 12.5. The first-order valence-corrected chi connectivity index (χ1v) is 7.64. The van der Waals surface area contributed by atoms with Crippen LogP contribution in [0.1, 0.15) is 27.9 Å². The number of halogens is 5. The van der Waals surface area contributed by atoms with Gasteiger partial charge in [-0.25, -0.2) is 9.24 Å². The zero-order valence-corrected chi connectivity index (χ0v) is 13.3. The molecule has 2 aromatic carbocycles. The van der Waals surface area contributed by atoms with Crippen LogP contribution >= 0.6 is 0 Å². The molecule has 0 heterocycles. The van der Waals surface area contributed by atoms with Crippen molar-refractivity contribution in [2.75, 3.05) is 0 Å². The molecule has 0 radical (unpaired) electrons. The molecule has 2 aliphatic carbocycles. The number of Topliss-reactive ketones (excluding diaryl/α,β-unsaturated/α-hetero) is 1. The van der Waals surface area contributed by atoms with Gasteiger partial charge in [0.25, 0.3) is 0 Å². The zero-order valence-electron chi connectivity index (χ0n) is 13.3. The molecule has 1 unspecified atom stereocenters. The topological polar surface area (TPSA) is 56.7 Å². The maximum absolute atomic E-state index is 14.3. The van der Waals surface area contributed by atoms with Gasteiger partial charge in [-0.2, -0.15) is 17.6 Å². The third-order valence-electron chi connectivity index (χ3n) is 4.84. The van der Waals surface area contributed by atoms with E-state index in [1.807, 2.05) is 0 Å². The summed E-state index contributed by atoms with van der Waals surface area (Å²) in [7, 11) is 0. The van der Waals surface area contributed by atoms with Gasteiger partial charge in [-0.15, -0.1) is 0 Å². The Morgan fingerprint density at radius 3 is 2.52 bits per heavy atom. The van der Waals surface area contributed by atoms with Crippen molar-refractivity contribution in [3.63, 3.8) is 0 Å². The Bertz CT molecular complexity index is 1060. The molecule has 0 fully saturated rings. The fourth-order valence-corrected chi connectivity index (χ4v) is 3.62. The number of carbonyl (C=O) groups excluding carboxylic acids is 1. The van der Waals surface area contributed by atoms with Crippen LogP contribution in [-0.4, -0.2) is 11.7 Å². The highest BCUT2D eigenvalue weighted by molar-refractivity contribution is 6.06. The largest absolute Gasteiger partial charge is 0.458 e. The molecule has 0 aliphatic heterocycles. The highest BCUT2D eigenvalue weighted by Gasteiger charge is 2.77. The van der Waals surface area contributed by atoms with E-state index in [1.165, 1.54) is 0 Å². The molecular weight excluding hydrogens is 371 g/mol. The maximum atomic E-state index is 14.3. The number of hydrogen-bond acceptors (Lipinski definition) is 3. The average molecular weight is 380 g/mol. The lowest BCUT2D eigenvalue weighted by Gasteiger charge is -2.30. The van der Waals surface area contributed by atoms with Crippen molar-refractivity contribution in [2.45, 2.75) is 23.8 Å². The third-order valence-corrected chi connectivity index (χ3v) is 4.84. The van der Waals surface area contributed by atoms with E-state index in [4.69, 9.17) is 17.0 Å². The Balaban J connectivity index is 1.90. The van der Waals surface area contributed by atoms with Gasteiger partial charge in [0.1, 0.15) is 22.9 Å². The number of rotatable bonds is 2. The molecule has 9 heteroatoms. The summed E-state index contributed by atoms with van der Waals surface area (Å²) in [4.78, 5) is 15.4. The smallest absolute Gasteiger partial charge is 0.337 e. The summed E-state index contributed by atoms with van der Waals surface area (Å²) < 4.78 is 76.0. The van der Waals surface area contributed by atoms with E-state index in [0.29, 0.717) is 0 Å². The van der Waals surface area contributed by atoms with Gasteiger partial charge in [0.15, 0.2) is 11.5 Å². The van der Waals surface area contributed by atoms with Crippen molar-refractivity contribution < 1.29 is 31.5 Å². The molecule has 27 heavy (non-hydrogen) atoms. The lowest BCUT2D eigenvalue weighted by molar-refractivity contribution is -0.236. The Morgan fingerprint density at radius 1 is 1.15 bits per heavy atom. The summed E-state index contributed by atoms with van der Waals surface area (Å²) >= 11 is 0. The Morgan fingerprint density at radius 2 is 1.85 bits per heavy atom. The van der Waals surface area contributed by atoms with E-state index in [1.54, 1.807) is 0 Å². The lowest BCUT2D eigenvalue weighted by Crippen LogP contribution is -2.54. The first kappa shape index (κ1) is 17.4. The van der Waals surface area contributed by atoms with Crippen LogP contribution in [0.15, 0.2) is 30.3 Å². The molecule has 0 saturated heterocycles. The molecule has 0 aromatic heterocycles. The molecule has 2 aromatic rings. The molecule has 2 N–H and O–H groups in total. The second-order valence-corrected chi connectivity index (χ2v) is 6.44. The summed E-state index contributed by atoms with van der Waals surface area (Å²) in [6, 6.07) is 4.68. The standard InChI is InChI=1S/C18H9F5N2O2/c1-25-9-4-8(19)5-10(6-9)27-13-3-2-11-15-14(13)12(26)7-16(15,24)18(22,23)17(11,20)21/h2-6H,7,24H2. The molecule has 0 amide bonds. The highest BCUT2D eigenvalue weighted by Crippen LogP contribution is 2.64. The van der Waals surface area contributed by atoms with Gasteiger partial charge in [0, 0.05) is 23.6 Å². The van der Waals surface area contributed by atoms with Crippen molar-refractivity contribution in [3.05, 3.63) is 64.3 Å². The number of benzene rings is 2. The van der Waals surface area contributed by atoms with Gasteiger partial charge in [-0.05, 0) is 24.3 Å². The molecule has 0 saturated carbocycles. The van der Waals surface area contributed by atoms with Crippen LogP contribution in [0.3, 0.4) is 0 Å². The van der Waals surface area contributed by atoms with Crippen LogP contribution in [-0.2, 0) is 11.5 Å². The minimum atomic E-state index is -4.65. The molecule has 0 bridgehead atoms. The molecule has 1 atom stereocenters. The summed E-state index contributed by atoms with van der Waals surface area (Å²) in [6.07, 6.45) is -1.01. The van der Waals surface area contributed by atoms with E-state index in [2.05, 4.69) is 4.85 Å². The van der Waals surface area contributed by atoms with Crippen LogP contribution in [0, 0.1) is 12.4 Å². The fourth-order valence-electron chi connectivity index (χ4n) is 3.62. The van der Waals surface area contributed by atoms with Gasteiger partial charge in [-0.1, -0.05) is 0 Å². The summed E-state index contributed by atoms with van der Waals surface area (Å²) in [5.74, 6) is -11.4. The number of carbonyl (C=O) groups is 1. The Kier molecular flexibility index (Phi) is 3.26. The van der Waals surface area contributed by atoms with Crippen LogP contribution in [0.5, 0.6) is 11.5 Å². The molecular formula is C18H9F5N2O2. The average Bonchev–Trinajstić information content (AvgIpc) is 2.92. The fraction of sp³-hybridized carbons (Fsp3) is 0.222. The van der Waals surface area contributed by atoms with Crippen molar-refractivity contribution in [1.82, 2.24) is 0 Å². The normalized spacial score (nSPS) is 23.8. The predicted molar refractivity (Wildman–Crippen MR) is 82.8 cm³/mol. The van der Waals surface area contributed by atoms with Crippen molar-refractivity contribution in [1.29, 1.82) is 0 Å². The van der Waals surface area contributed by atoms with Crippen molar-refractivity contribution >= 4 is 11.5 Å². The SMILES string of the molecule is [C-]#[N+]c1cc(F)cc(Oc2ccc3c4c2C(=O)CC4(N)C(F)(F)C3(F)F)c1. The molecule has 0 spiro atoms. The molecule has 138 valence electrons. The number of alkyl halides is 4. The number of hydrogen-bond donors (Lipinski definition) is 1. The van der Waals surface area contributed by atoms with Gasteiger partial charge < -0.3 is 10.5 Å². The molecule has 4 rings (SSSR count). The first-order valence-electron chi connectivity index (χ1n) is 7.64. The quantitative estimate of drug-likeness (QED) is 0.610. The van der Waals surface area contributed by atoms with Crippen molar-refractivity contribution in [2.24, 2.45) is 5.73 Å². The van der Waals surface area contributed by atoms with E-state index in [-0.39, 0.29) is 17.2 Å². The van der Waals surface area contributed by atoms with Crippen molar-refractivity contribution in [3.8, 4) is 11.5 Å². The van der Waals surface area contributed by atoms with Gasteiger partial charge >= 0.3 is 11.8 Å². The van der Waals surface area contributed by atoms with E-state index < -0.39 is 52.1 Å². The second kappa shape index (κ2) is 5.04. The van der Waals surface area contributed by atoms with E-state index in [0.717, 1.165) is 30.3 Å². The second-order valence-electron chi connectivity index (χ2n) is 6.44. The minimum absolute atomic E-state index is 0.0971. The Labute approximate surface area is 149 Å². The zero-order chi connectivity index (χ0) is 19.8. The van der Waals surface area contributed by atoms with Crippen LogP contribution in [0.4, 0.5) is 27.6 Å². The number of nitrogens with two attached hydrogens (primary N) is 1. The monoisotopic (exact) mass is 380 g/mol. The molecule has 2 aliphatic rings. The lowest BCUT2D eigenvalue weighted by atomic mass is 9.91. The van der Waals surface area contributed by atoms with Gasteiger partial charge in [0.05, 0.1) is 12.1 Å². The van der Waals surface area contributed by atoms with Crippen LogP contribution in [0.25, 0.3) is 4.85 Å².